The molecule has 2 aromatic carbocycles. The second kappa shape index (κ2) is 6.52. The zero-order chi connectivity index (χ0) is 18.0. The number of carbonyl (C=O) groups is 1. The van der Waals surface area contributed by atoms with Crippen molar-refractivity contribution in [2.75, 3.05) is 11.6 Å². The van der Waals surface area contributed by atoms with Crippen molar-refractivity contribution in [3.05, 3.63) is 54.1 Å². The second-order valence-electron chi connectivity index (χ2n) is 4.83. The van der Waals surface area contributed by atoms with Gasteiger partial charge in [-0.1, -0.05) is 6.07 Å². The first-order valence-corrected chi connectivity index (χ1v) is 8.41. The summed E-state index contributed by atoms with van der Waals surface area (Å²) in [5.74, 6) is -1.06. The van der Waals surface area contributed by atoms with Crippen molar-refractivity contribution in [1.82, 2.24) is 0 Å². The van der Waals surface area contributed by atoms with E-state index in [0.29, 0.717) is 0 Å². The average Bonchev–Trinajstić information content (AvgIpc) is 2.45. The molecule has 2 aromatic rings. The maximum absolute atomic E-state index is 12.2. The molecule has 0 heterocycles. The minimum Gasteiger partial charge on any atom is -0.406 e. The molecule has 0 bridgehead atoms. The van der Waals surface area contributed by atoms with Crippen LogP contribution in [0, 0.1) is 0 Å². The summed E-state index contributed by atoms with van der Waals surface area (Å²) in [7, 11) is -3.38. The van der Waals surface area contributed by atoms with E-state index in [4.69, 9.17) is 0 Å². The van der Waals surface area contributed by atoms with E-state index < -0.39 is 27.9 Å². The van der Waals surface area contributed by atoms with Crippen LogP contribution in [-0.4, -0.2) is 26.9 Å². The van der Waals surface area contributed by atoms with Gasteiger partial charge in [0.1, 0.15) is 5.75 Å². The summed E-state index contributed by atoms with van der Waals surface area (Å²) < 4.78 is 63.0. The molecule has 0 atom stereocenters. The molecule has 0 aliphatic rings. The second-order valence-corrected chi connectivity index (χ2v) is 6.84. The third kappa shape index (κ3) is 4.98. The number of rotatable bonds is 4. The van der Waals surface area contributed by atoms with E-state index in [1.54, 1.807) is 0 Å². The molecule has 0 aliphatic carbocycles. The fourth-order valence-corrected chi connectivity index (χ4v) is 2.46. The van der Waals surface area contributed by atoms with E-state index in [1.165, 1.54) is 36.4 Å². The predicted octanol–water partition coefficient (Wildman–Crippen LogP) is 3.24. The Hall–Kier alpha value is -2.55. The van der Waals surface area contributed by atoms with Crippen molar-refractivity contribution in [3.63, 3.8) is 0 Å². The molecule has 5 nitrogen and oxygen atoms in total. The monoisotopic (exact) mass is 359 g/mol. The Morgan fingerprint density at radius 3 is 2.25 bits per heavy atom. The van der Waals surface area contributed by atoms with Gasteiger partial charge in [-0.05, 0) is 36.4 Å². The Labute approximate surface area is 136 Å². The van der Waals surface area contributed by atoms with Gasteiger partial charge in [-0.25, -0.2) is 8.42 Å². The fourth-order valence-electron chi connectivity index (χ4n) is 1.83. The van der Waals surface area contributed by atoms with Crippen LogP contribution in [-0.2, 0) is 9.84 Å². The average molecular weight is 359 g/mol. The standard InChI is InChI=1S/C15H12F3NO4S/c1-24(21,22)13-7-5-10(6-8-13)14(20)19-11-3-2-4-12(9-11)23-15(16,17)18/h2-9H,1H3,(H,19,20). The highest BCUT2D eigenvalue weighted by molar-refractivity contribution is 7.90. The van der Waals surface area contributed by atoms with E-state index in [9.17, 15) is 26.4 Å². The van der Waals surface area contributed by atoms with Gasteiger partial charge in [-0.3, -0.25) is 4.79 Å². The van der Waals surface area contributed by atoms with Crippen LogP contribution in [0.25, 0.3) is 0 Å². The van der Waals surface area contributed by atoms with Crippen LogP contribution in [0.1, 0.15) is 10.4 Å². The topological polar surface area (TPSA) is 72.5 Å². The van der Waals surface area contributed by atoms with Gasteiger partial charge in [-0.2, -0.15) is 0 Å². The highest BCUT2D eigenvalue weighted by Crippen LogP contribution is 2.25. The third-order valence-corrected chi connectivity index (χ3v) is 4.00. The fraction of sp³-hybridized carbons (Fsp3) is 0.133. The number of ether oxygens (including phenoxy) is 1. The van der Waals surface area contributed by atoms with Crippen molar-refractivity contribution < 1.29 is 31.1 Å². The minimum absolute atomic E-state index is 0.0552. The van der Waals surface area contributed by atoms with Crippen molar-refractivity contribution in [2.45, 2.75) is 11.3 Å². The molecular weight excluding hydrogens is 347 g/mol. The van der Waals surface area contributed by atoms with Crippen LogP contribution in [0.3, 0.4) is 0 Å². The van der Waals surface area contributed by atoms with Crippen LogP contribution in [0.2, 0.25) is 0 Å². The molecule has 0 fully saturated rings. The van der Waals surface area contributed by atoms with Gasteiger partial charge >= 0.3 is 6.36 Å². The highest BCUT2D eigenvalue weighted by atomic mass is 32.2. The Kier molecular flexibility index (Phi) is 4.83. The molecule has 0 saturated heterocycles. The van der Waals surface area contributed by atoms with E-state index in [1.807, 2.05) is 0 Å². The number of amides is 1. The van der Waals surface area contributed by atoms with Crippen LogP contribution in [0.4, 0.5) is 18.9 Å². The lowest BCUT2D eigenvalue weighted by atomic mass is 10.2. The van der Waals surface area contributed by atoms with Crippen LogP contribution in [0.5, 0.6) is 5.75 Å². The molecule has 9 heteroatoms. The lowest BCUT2D eigenvalue weighted by Gasteiger charge is -2.11. The van der Waals surface area contributed by atoms with E-state index in [2.05, 4.69) is 10.1 Å². The van der Waals surface area contributed by atoms with E-state index in [-0.39, 0.29) is 16.1 Å². The lowest BCUT2D eigenvalue weighted by Crippen LogP contribution is -2.17. The van der Waals surface area contributed by atoms with Gasteiger partial charge < -0.3 is 10.1 Å². The Bertz CT molecular complexity index is 846. The lowest BCUT2D eigenvalue weighted by molar-refractivity contribution is -0.274. The number of hydrogen-bond donors (Lipinski definition) is 1. The molecule has 1 amide bonds. The zero-order valence-corrected chi connectivity index (χ0v) is 13.1. The minimum atomic E-state index is -4.83. The molecule has 0 aromatic heterocycles. The van der Waals surface area contributed by atoms with Crippen LogP contribution >= 0.6 is 0 Å². The molecular formula is C15H12F3NO4S. The van der Waals surface area contributed by atoms with Gasteiger partial charge in [0, 0.05) is 23.6 Å². The maximum atomic E-state index is 12.2. The van der Waals surface area contributed by atoms with Crippen LogP contribution in [0.15, 0.2) is 53.4 Å². The van der Waals surface area contributed by atoms with Crippen molar-refractivity contribution in [1.29, 1.82) is 0 Å². The first-order valence-electron chi connectivity index (χ1n) is 6.52. The number of benzene rings is 2. The summed E-state index contributed by atoms with van der Waals surface area (Å²) in [6.07, 6.45) is -3.79. The number of hydrogen-bond acceptors (Lipinski definition) is 4. The Morgan fingerprint density at radius 1 is 1.08 bits per heavy atom. The number of alkyl halides is 3. The number of nitrogens with one attached hydrogen (secondary N) is 1. The molecule has 24 heavy (non-hydrogen) atoms. The number of sulfone groups is 1. The van der Waals surface area contributed by atoms with E-state index >= 15 is 0 Å². The molecule has 1 N–H and O–H groups in total. The van der Waals surface area contributed by atoms with Gasteiger partial charge in [0.05, 0.1) is 4.90 Å². The summed E-state index contributed by atoms with van der Waals surface area (Å²) in [6, 6.07) is 9.97. The summed E-state index contributed by atoms with van der Waals surface area (Å²) in [4.78, 5) is 12.1. The number of anilines is 1. The summed E-state index contributed by atoms with van der Waals surface area (Å²) in [6.45, 7) is 0. The number of halogens is 3. The Balaban J connectivity index is 2.14. The molecule has 128 valence electrons. The predicted molar refractivity (Wildman–Crippen MR) is 80.6 cm³/mol. The van der Waals surface area contributed by atoms with Crippen molar-refractivity contribution in [2.24, 2.45) is 0 Å². The molecule has 0 aliphatic heterocycles. The SMILES string of the molecule is CS(=O)(=O)c1ccc(C(=O)Nc2cccc(OC(F)(F)F)c2)cc1. The summed E-state index contributed by atoms with van der Waals surface area (Å²) in [5, 5.41) is 2.41. The normalized spacial score (nSPS) is 11.8. The van der Waals surface area contributed by atoms with Crippen molar-refractivity contribution >= 4 is 21.4 Å². The van der Waals surface area contributed by atoms with Crippen molar-refractivity contribution in [3.8, 4) is 5.75 Å². The quantitative estimate of drug-likeness (QED) is 0.910. The summed E-state index contributed by atoms with van der Waals surface area (Å²) >= 11 is 0. The number of carbonyl (C=O) groups excluding carboxylic acids is 1. The molecule has 0 unspecified atom stereocenters. The smallest absolute Gasteiger partial charge is 0.406 e. The first-order chi connectivity index (χ1) is 11.0. The third-order valence-electron chi connectivity index (χ3n) is 2.87. The maximum Gasteiger partial charge on any atom is 0.573 e. The molecule has 0 radical (unpaired) electrons. The molecule has 0 saturated carbocycles. The van der Waals surface area contributed by atoms with Crippen LogP contribution < -0.4 is 10.1 Å². The Morgan fingerprint density at radius 2 is 1.71 bits per heavy atom. The highest BCUT2D eigenvalue weighted by Gasteiger charge is 2.31. The van der Waals surface area contributed by atoms with E-state index in [0.717, 1.165) is 18.4 Å². The molecule has 0 spiro atoms. The van der Waals surface area contributed by atoms with Gasteiger partial charge in [0.25, 0.3) is 5.91 Å². The largest absolute Gasteiger partial charge is 0.573 e. The zero-order valence-electron chi connectivity index (χ0n) is 12.3. The summed E-state index contributed by atoms with van der Waals surface area (Å²) in [5.41, 5.74) is 0.262. The van der Waals surface area contributed by atoms with Gasteiger partial charge in [0.15, 0.2) is 9.84 Å². The first kappa shape index (κ1) is 17.8. The molecule has 2 rings (SSSR count). The van der Waals surface area contributed by atoms with Gasteiger partial charge in [-0.15, -0.1) is 13.2 Å². The van der Waals surface area contributed by atoms with Gasteiger partial charge in [0.2, 0.25) is 0 Å².